The van der Waals surface area contributed by atoms with Crippen LogP contribution in [-0.4, -0.2) is 29.7 Å². The third-order valence-electron chi connectivity index (χ3n) is 3.42. The first-order valence-electron chi connectivity index (χ1n) is 4.66. The monoisotopic (exact) mass is 159 g/mol. The molecule has 0 bridgehead atoms. The van der Waals surface area contributed by atoms with Crippen LogP contribution in [0, 0.1) is 0 Å². The molecule has 11 heavy (non-hydrogen) atoms. The fraction of sp³-hybridized carbons (Fsp3) is 1.00. The molecule has 2 fully saturated rings. The lowest BCUT2D eigenvalue weighted by Crippen LogP contribution is -2.37. The molecule has 1 nitrogen and oxygen atoms in total. The Bertz CT molecular complexity index is 165. The number of halogens is 1. The van der Waals surface area contributed by atoms with Gasteiger partial charge >= 0.3 is 0 Å². The van der Waals surface area contributed by atoms with Crippen LogP contribution in [-0.2, 0) is 0 Å². The summed E-state index contributed by atoms with van der Waals surface area (Å²) >= 11 is 0. The van der Waals surface area contributed by atoms with Crippen molar-refractivity contribution in [3.8, 4) is 0 Å². The van der Waals surface area contributed by atoms with Crippen molar-refractivity contribution in [3.05, 3.63) is 0 Å². The molecule has 0 aliphatic carbocycles. The maximum Gasteiger partial charge on any atom is 0.115 e. The van der Waals surface area contributed by atoms with Crippen LogP contribution in [0.4, 0.5) is 4.39 Å². The predicted molar refractivity (Wildman–Crippen MR) is 45.5 cm³/mol. The molecule has 2 rings (SSSR count). The normalized spacial score (nSPS) is 44.7. The standard InChI is InChI=1S/C9H16FN.H2/c1-2-9-4-3-5-11(9)7-8(10)6-9;/h8H,2-7H2,1H3;1H/t8-,9+;/m1./s1. The second kappa shape index (κ2) is 2.44. The van der Waals surface area contributed by atoms with E-state index < -0.39 is 6.17 Å². The van der Waals surface area contributed by atoms with Gasteiger partial charge in [-0.1, -0.05) is 6.92 Å². The lowest BCUT2D eigenvalue weighted by molar-refractivity contribution is 0.189. The summed E-state index contributed by atoms with van der Waals surface area (Å²) in [7, 11) is 0. The molecule has 0 unspecified atom stereocenters. The predicted octanol–water partition coefficient (Wildman–Crippen LogP) is 2.22. The lowest BCUT2D eigenvalue weighted by Gasteiger charge is -2.29. The molecule has 2 heteroatoms. The molecule has 2 atom stereocenters. The summed E-state index contributed by atoms with van der Waals surface area (Å²) in [4.78, 5) is 2.36. The Hall–Kier alpha value is -0.110. The molecular weight excluding hydrogens is 141 g/mol. The van der Waals surface area contributed by atoms with Gasteiger partial charge in [0.2, 0.25) is 0 Å². The molecule has 0 saturated carbocycles. The third kappa shape index (κ3) is 0.994. The van der Waals surface area contributed by atoms with Gasteiger partial charge in [-0.05, 0) is 32.2 Å². The molecule has 0 spiro atoms. The minimum absolute atomic E-state index is 0. The van der Waals surface area contributed by atoms with Crippen molar-refractivity contribution in [3.63, 3.8) is 0 Å². The molecule has 2 aliphatic heterocycles. The second-order valence-corrected chi connectivity index (χ2v) is 3.93. The van der Waals surface area contributed by atoms with Gasteiger partial charge in [-0.3, -0.25) is 4.90 Å². The average molecular weight is 159 g/mol. The number of hydrogen-bond acceptors (Lipinski definition) is 1. The Morgan fingerprint density at radius 1 is 1.73 bits per heavy atom. The third-order valence-corrected chi connectivity index (χ3v) is 3.42. The van der Waals surface area contributed by atoms with E-state index in [2.05, 4.69) is 11.8 Å². The molecular formula is C9H18FN. The first kappa shape index (κ1) is 7.53. The van der Waals surface area contributed by atoms with Crippen LogP contribution in [0.25, 0.3) is 0 Å². The van der Waals surface area contributed by atoms with Crippen molar-refractivity contribution in [1.82, 2.24) is 4.90 Å². The summed E-state index contributed by atoms with van der Waals surface area (Å²) in [5.74, 6) is 0. The van der Waals surface area contributed by atoms with Gasteiger partial charge in [-0.15, -0.1) is 0 Å². The van der Waals surface area contributed by atoms with E-state index in [1.165, 1.54) is 12.8 Å². The largest absolute Gasteiger partial charge is 0.295 e. The highest BCUT2D eigenvalue weighted by molar-refractivity contribution is 5.02. The quantitative estimate of drug-likeness (QED) is 0.567. The van der Waals surface area contributed by atoms with Crippen molar-refractivity contribution in [2.75, 3.05) is 13.1 Å². The van der Waals surface area contributed by atoms with E-state index in [9.17, 15) is 4.39 Å². The van der Waals surface area contributed by atoms with Crippen LogP contribution in [0.15, 0.2) is 0 Å². The topological polar surface area (TPSA) is 3.24 Å². The molecule has 2 heterocycles. The summed E-state index contributed by atoms with van der Waals surface area (Å²) in [5, 5.41) is 0. The Kier molecular flexibility index (Phi) is 1.67. The van der Waals surface area contributed by atoms with E-state index in [0.29, 0.717) is 6.54 Å². The van der Waals surface area contributed by atoms with E-state index in [4.69, 9.17) is 0 Å². The van der Waals surface area contributed by atoms with Crippen molar-refractivity contribution in [2.24, 2.45) is 0 Å². The molecule has 0 aromatic rings. The van der Waals surface area contributed by atoms with Gasteiger partial charge in [0.05, 0.1) is 0 Å². The minimum Gasteiger partial charge on any atom is -0.295 e. The number of alkyl halides is 1. The summed E-state index contributed by atoms with van der Waals surface area (Å²) in [6.07, 6.45) is 3.89. The Labute approximate surface area is 69.1 Å². The molecule has 2 saturated heterocycles. The van der Waals surface area contributed by atoms with E-state index in [-0.39, 0.29) is 6.97 Å². The smallest absolute Gasteiger partial charge is 0.115 e. The molecule has 0 aromatic heterocycles. The zero-order valence-electron chi connectivity index (χ0n) is 7.15. The molecule has 0 aromatic carbocycles. The maximum absolute atomic E-state index is 13.0. The molecule has 0 N–H and O–H groups in total. The van der Waals surface area contributed by atoms with E-state index in [0.717, 1.165) is 19.4 Å². The Balaban J connectivity index is 0.000000720. The van der Waals surface area contributed by atoms with Gasteiger partial charge in [-0.2, -0.15) is 0 Å². The zero-order valence-corrected chi connectivity index (χ0v) is 7.15. The minimum atomic E-state index is -0.546. The van der Waals surface area contributed by atoms with Crippen LogP contribution in [0.3, 0.4) is 0 Å². The van der Waals surface area contributed by atoms with E-state index in [1.807, 2.05) is 0 Å². The van der Waals surface area contributed by atoms with Crippen LogP contribution in [0.1, 0.15) is 34.0 Å². The number of fused-ring (bicyclic) bond motifs is 1. The molecule has 2 aliphatic rings. The van der Waals surface area contributed by atoms with Gasteiger partial charge in [0, 0.05) is 13.5 Å². The fourth-order valence-corrected chi connectivity index (χ4v) is 2.77. The van der Waals surface area contributed by atoms with Crippen molar-refractivity contribution < 1.29 is 5.82 Å². The SMILES string of the molecule is CC[C@@]12CCCN1C[C@H](F)C2.[HH]. The van der Waals surface area contributed by atoms with Gasteiger partial charge in [0.1, 0.15) is 6.17 Å². The highest BCUT2D eigenvalue weighted by Gasteiger charge is 2.46. The van der Waals surface area contributed by atoms with Gasteiger partial charge in [0.25, 0.3) is 0 Å². The first-order valence-corrected chi connectivity index (χ1v) is 4.66. The second-order valence-electron chi connectivity index (χ2n) is 3.93. The highest BCUT2D eigenvalue weighted by atomic mass is 19.1. The number of rotatable bonds is 1. The van der Waals surface area contributed by atoms with Crippen LogP contribution < -0.4 is 0 Å². The summed E-state index contributed by atoms with van der Waals surface area (Å²) in [5.41, 5.74) is 0.277. The van der Waals surface area contributed by atoms with E-state index in [1.54, 1.807) is 0 Å². The van der Waals surface area contributed by atoms with Gasteiger partial charge in [0.15, 0.2) is 0 Å². The molecule has 0 amide bonds. The molecule has 0 radical (unpaired) electrons. The zero-order chi connectivity index (χ0) is 7.90. The summed E-state index contributed by atoms with van der Waals surface area (Å²) < 4.78 is 13.0. The summed E-state index contributed by atoms with van der Waals surface area (Å²) in [6, 6.07) is 0. The average Bonchev–Trinajstić information content (AvgIpc) is 2.43. The Morgan fingerprint density at radius 2 is 2.55 bits per heavy atom. The van der Waals surface area contributed by atoms with E-state index >= 15 is 0 Å². The van der Waals surface area contributed by atoms with Crippen LogP contribution >= 0.6 is 0 Å². The lowest BCUT2D eigenvalue weighted by atomic mass is 9.91. The first-order chi connectivity index (χ1) is 5.27. The number of hydrogen-bond donors (Lipinski definition) is 0. The Morgan fingerprint density at radius 3 is 3.18 bits per heavy atom. The van der Waals surface area contributed by atoms with Crippen LogP contribution in [0.5, 0.6) is 0 Å². The summed E-state index contributed by atoms with van der Waals surface area (Å²) in [6.45, 7) is 4.03. The number of nitrogens with zero attached hydrogens (tertiary/aromatic N) is 1. The fourth-order valence-electron chi connectivity index (χ4n) is 2.77. The molecule has 66 valence electrons. The van der Waals surface area contributed by atoms with Crippen molar-refractivity contribution in [2.45, 2.75) is 44.3 Å². The van der Waals surface area contributed by atoms with Gasteiger partial charge in [-0.25, -0.2) is 4.39 Å². The van der Waals surface area contributed by atoms with Crippen molar-refractivity contribution in [1.29, 1.82) is 0 Å². The maximum atomic E-state index is 13.0. The highest BCUT2D eigenvalue weighted by Crippen LogP contribution is 2.41. The van der Waals surface area contributed by atoms with Crippen LogP contribution in [0.2, 0.25) is 0 Å². The van der Waals surface area contributed by atoms with Crippen molar-refractivity contribution >= 4 is 0 Å². The van der Waals surface area contributed by atoms with Gasteiger partial charge < -0.3 is 0 Å².